The molecule has 12 heteroatoms. The highest BCUT2D eigenvalue weighted by Crippen LogP contribution is 2.47. The summed E-state index contributed by atoms with van der Waals surface area (Å²) in [4.78, 5) is 17.0. The molecule has 1 saturated carbocycles. The highest BCUT2D eigenvalue weighted by Gasteiger charge is 2.47. The first-order chi connectivity index (χ1) is 20.4. The van der Waals surface area contributed by atoms with E-state index in [1.54, 1.807) is 7.05 Å². The van der Waals surface area contributed by atoms with Crippen LogP contribution in [0, 0.1) is 5.92 Å². The maximum atomic E-state index is 13.5. The third-order valence-electron chi connectivity index (χ3n) is 8.64. The van der Waals surface area contributed by atoms with Crippen LogP contribution in [-0.4, -0.2) is 54.5 Å². The molecule has 2 aromatic heterocycles. The van der Waals surface area contributed by atoms with E-state index in [9.17, 15) is 4.79 Å². The number of halogens is 2. The van der Waals surface area contributed by atoms with Crippen molar-refractivity contribution in [3.8, 4) is 22.6 Å². The first-order valence-electron chi connectivity index (χ1n) is 14.3. The number of hydrogen-bond acceptors (Lipinski definition) is 7. The lowest BCUT2D eigenvalue weighted by atomic mass is 9.97. The first-order valence-corrected chi connectivity index (χ1v) is 15.1. The fourth-order valence-electron chi connectivity index (χ4n) is 6.50. The summed E-state index contributed by atoms with van der Waals surface area (Å²) in [6.07, 6.45) is 4.64. The monoisotopic (exact) mass is 607 g/mol. The van der Waals surface area contributed by atoms with Gasteiger partial charge < -0.3 is 19.5 Å². The summed E-state index contributed by atoms with van der Waals surface area (Å²) in [7, 11) is 1.72. The van der Waals surface area contributed by atoms with Crippen LogP contribution in [0.1, 0.15) is 56.3 Å². The Bertz CT molecular complexity index is 1610. The van der Waals surface area contributed by atoms with Gasteiger partial charge in [0.1, 0.15) is 11.5 Å². The number of carbonyl (C=O) groups excluding carboxylic acids is 1. The Morgan fingerprint density at radius 1 is 1.12 bits per heavy atom. The van der Waals surface area contributed by atoms with E-state index in [-0.39, 0.29) is 24.2 Å². The van der Waals surface area contributed by atoms with Crippen LogP contribution in [0.4, 0.5) is 10.5 Å². The van der Waals surface area contributed by atoms with Crippen molar-refractivity contribution in [1.29, 1.82) is 0 Å². The van der Waals surface area contributed by atoms with Gasteiger partial charge in [-0.15, -0.1) is 10.2 Å². The Balaban J connectivity index is 1.05. The van der Waals surface area contributed by atoms with E-state index < -0.39 is 0 Å². The molecule has 0 spiro atoms. The van der Waals surface area contributed by atoms with Gasteiger partial charge in [-0.25, -0.2) is 4.79 Å². The largest absolute Gasteiger partial charge is 0.373 e. The zero-order valence-corrected chi connectivity index (χ0v) is 24.8. The molecule has 2 aliphatic heterocycles. The van der Waals surface area contributed by atoms with Crippen LogP contribution in [0.5, 0.6) is 0 Å². The number of aryl methyl sites for hydroxylation is 1. The number of benzene rings is 2. The Morgan fingerprint density at radius 2 is 1.90 bits per heavy atom. The van der Waals surface area contributed by atoms with Crippen LogP contribution < -0.4 is 5.32 Å². The van der Waals surface area contributed by atoms with Crippen LogP contribution in [-0.2, 0) is 18.4 Å². The Kier molecular flexibility index (Phi) is 7.16. The van der Waals surface area contributed by atoms with Crippen molar-refractivity contribution in [1.82, 2.24) is 30.3 Å². The Labute approximate surface area is 253 Å². The molecule has 7 rings (SSSR count). The number of carbonyl (C=O) groups is 1. The van der Waals surface area contributed by atoms with E-state index in [4.69, 9.17) is 32.5 Å². The lowest BCUT2D eigenvalue weighted by Crippen LogP contribution is -2.51. The first kappa shape index (κ1) is 27.4. The smallest absolute Gasteiger partial charge is 0.322 e. The molecular weight excluding hydrogens is 577 g/mol. The van der Waals surface area contributed by atoms with Crippen molar-refractivity contribution in [2.75, 3.05) is 5.32 Å². The predicted octanol–water partition coefficient (Wildman–Crippen LogP) is 6.71. The third kappa shape index (κ3) is 5.16. The molecule has 1 aliphatic carbocycles. The molecular formula is C30H31Cl2N7O3. The van der Waals surface area contributed by atoms with Crippen LogP contribution >= 0.6 is 23.2 Å². The van der Waals surface area contributed by atoms with Gasteiger partial charge in [-0.1, -0.05) is 53.5 Å². The van der Waals surface area contributed by atoms with Crippen LogP contribution in [0.15, 0.2) is 47.0 Å². The van der Waals surface area contributed by atoms with Crippen LogP contribution in [0.25, 0.3) is 22.6 Å². The molecule has 2 bridgehead atoms. The van der Waals surface area contributed by atoms with E-state index in [1.165, 1.54) is 4.80 Å². The second-order valence-electron chi connectivity index (χ2n) is 11.6. The Morgan fingerprint density at radius 3 is 2.62 bits per heavy atom. The molecule has 1 N–H and O–H groups in total. The molecule has 2 unspecified atom stereocenters. The molecule has 3 aliphatic rings. The highest BCUT2D eigenvalue weighted by atomic mass is 35.5. The lowest BCUT2D eigenvalue weighted by Gasteiger charge is -2.39. The molecule has 42 heavy (non-hydrogen) atoms. The molecule has 0 radical (unpaired) electrons. The number of ether oxygens (including phenoxy) is 1. The molecule has 4 atom stereocenters. The summed E-state index contributed by atoms with van der Waals surface area (Å²) in [5, 5.41) is 20.8. The summed E-state index contributed by atoms with van der Waals surface area (Å²) in [6, 6.07) is 13.0. The van der Waals surface area contributed by atoms with Crippen molar-refractivity contribution in [3.63, 3.8) is 0 Å². The fourth-order valence-corrected chi connectivity index (χ4v) is 7.07. The SMILES string of the molecule is C[C@@H]1CC2C[C@H](OCc3c(-c4c(Cl)cccc4Cl)noc3C3CC3)CC1N2C(=O)Nc1cccc(-c2nnn(C)n2)c1. The molecule has 3 fully saturated rings. The number of amides is 2. The number of nitrogens with one attached hydrogen (secondary N) is 1. The van der Waals surface area contributed by atoms with E-state index in [2.05, 4.69) is 32.8 Å². The highest BCUT2D eigenvalue weighted by molar-refractivity contribution is 6.39. The standard InChI is InChI=1S/C30H31Cl2N7O3/c1-16-11-20-13-21(41-15-22-27(36-42-28(22)17-9-10-17)26-23(31)7-4-8-24(26)32)14-25(16)39(20)30(40)33-19-6-3-5-18(12-19)29-34-37-38(2)35-29/h3-8,12,16-17,20-21,25H,9-11,13-15H2,1-2H3,(H,33,40)/t16-,20?,21+,25?/m1/s1. The van der Waals surface area contributed by atoms with E-state index >= 15 is 0 Å². The van der Waals surface area contributed by atoms with Gasteiger partial charge in [-0.2, -0.15) is 4.80 Å². The van der Waals surface area contributed by atoms with Gasteiger partial charge in [0, 0.05) is 40.4 Å². The minimum atomic E-state index is -0.0947. The molecule has 218 valence electrons. The average molecular weight is 609 g/mol. The van der Waals surface area contributed by atoms with Gasteiger partial charge >= 0.3 is 6.03 Å². The number of urea groups is 1. The number of hydrogen-bond donors (Lipinski definition) is 1. The lowest BCUT2D eigenvalue weighted by molar-refractivity contribution is -0.0181. The van der Waals surface area contributed by atoms with Gasteiger partial charge in [0.25, 0.3) is 0 Å². The van der Waals surface area contributed by atoms with Gasteiger partial charge in [0.05, 0.1) is 29.8 Å². The normalized spacial score (nSPS) is 23.4. The quantitative estimate of drug-likeness (QED) is 0.248. The Hall–Kier alpha value is -3.47. The second-order valence-corrected chi connectivity index (χ2v) is 12.4. The summed E-state index contributed by atoms with van der Waals surface area (Å²) in [5.41, 5.74) is 3.74. The zero-order valence-electron chi connectivity index (χ0n) is 23.3. The number of anilines is 1. The predicted molar refractivity (Wildman–Crippen MR) is 158 cm³/mol. The summed E-state index contributed by atoms with van der Waals surface area (Å²) < 4.78 is 12.4. The number of rotatable bonds is 7. The van der Waals surface area contributed by atoms with Gasteiger partial charge in [0.2, 0.25) is 5.82 Å². The molecule has 4 heterocycles. The maximum Gasteiger partial charge on any atom is 0.322 e. The number of fused-ring (bicyclic) bond motifs is 2. The van der Waals surface area contributed by atoms with Crippen LogP contribution in [0.2, 0.25) is 10.0 Å². The van der Waals surface area contributed by atoms with E-state index in [0.29, 0.717) is 51.3 Å². The molecule has 2 aromatic carbocycles. The number of nitrogens with zero attached hydrogens (tertiary/aromatic N) is 6. The summed E-state index contributed by atoms with van der Waals surface area (Å²) in [6.45, 7) is 2.58. The van der Waals surface area contributed by atoms with Gasteiger partial charge in [0.15, 0.2) is 0 Å². The van der Waals surface area contributed by atoms with E-state index in [1.807, 2.05) is 47.4 Å². The van der Waals surface area contributed by atoms with Crippen molar-refractivity contribution in [3.05, 3.63) is 63.8 Å². The van der Waals surface area contributed by atoms with Crippen molar-refractivity contribution < 1.29 is 14.1 Å². The molecule has 4 aromatic rings. The van der Waals surface area contributed by atoms with Gasteiger partial charge in [-0.05, 0) is 67.5 Å². The van der Waals surface area contributed by atoms with Crippen LogP contribution in [0.3, 0.4) is 0 Å². The summed E-state index contributed by atoms with van der Waals surface area (Å²) in [5.74, 6) is 2.11. The fraction of sp³-hybridized carbons (Fsp3) is 0.433. The number of piperidine rings is 1. The summed E-state index contributed by atoms with van der Waals surface area (Å²) >= 11 is 13.1. The molecule has 2 amide bonds. The second kappa shape index (κ2) is 11.0. The third-order valence-corrected chi connectivity index (χ3v) is 9.27. The minimum Gasteiger partial charge on any atom is -0.373 e. The van der Waals surface area contributed by atoms with Crippen molar-refractivity contribution >= 4 is 34.9 Å². The molecule has 10 nitrogen and oxygen atoms in total. The maximum absolute atomic E-state index is 13.5. The minimum absolute atomic E-state index is 0.0107. The number of tetrazole rings is 1. The van der Waals surface area contributed by atoms with Crippen molar-refractivity contribution in [2.24, 2.45) is 13.0 Å². The average Bonchev–Trinajstić information content (AvgIpc) is 3.52. The van der Waals surface area contributed by atoms with E-state index in [0.717, 1.165) is 49.0 Å². The topological polar surface area (TPSA) is 111 Å². The molecule has 2 saturated heterocycles. The van der Waals surface area contributed by atoms with Gasteiger partial charge in [-0.3, -0.25) is 0 Å². The zero-order chi connectivity index (χ0) is 29.0. The van der Waals surface area contributed by atoms with Crippen molar-refractivity contribution in [2.45, 2.75) is 69.7 Å². The number of aromatic nitrogens is 5.